The molecule has 0 aliphatic carbocycles. The lowest BCUT2D eigenvalue weighted by Gasteiger charge is -2.05. The second kappa shape index (κ2) is 4.58. The van der Waals surface area contributed by atoms with Crippen molar-refractivity contribution in [3.8, 4) is 11.5 Å². The first-order valence-electron chi connectivity index (χ1n) is 5.43. The Labute approximate surface area is 99.3 Å². The van der Waals surface area contributed by atoms with Crippen molar-refractivity contribution >= 4 is 11.0 Å². The molecule has 17 heavy (non-hydrogen) atoms. The number of benzene rings is 1. The minimum absolute atomic E-state index is 0.209. The highest BCUT2D eigenvalue weighted by Crippen LogP contribution is 2.30. The van der Waals surface area contributed by atoms with Gasteiger partial charge in [0.2, 0.25) is 0 Å². The Kier molecular flexibility index (Phi) is 3.14. The van der Waals surface area contributed by atoms with Gasteiger partial charge in [0.05, 0.1) is 14.2 Å². The molecule has 2 N–H and O–H groups in total. The number of aromatic nitrogens is 3. The maximum Gasteiger partial charge on any atom is 0.163 e. The third-order valence-corrected chi connectivity index (χ3v) is 2.62. The number of ether oxygens (including phenoxy) is 2. The van der Waals surface area contributed by atoms with Gasteiger partial charge in [0.15, 0.2) is 11.5 Å². The van der Waals surface area contributed by atoms with Crippen LogP contribution < -0.4 is 15.2 Å². The summed E-state index contributed by atoms with van der Waals surface area (Å²) >= 11 is 0. The highest BCUT2D eigenvalue weighted by atomic mass is 16.5. The Hall–Kier alpha value is -1.82. The zero-order chi connectivity index (χ0) is 12.4. The van der Waals surface area contributed by atoms with E-state index in [2.05, 4.69) is 10.2 Å². The first kappa shape index (κ1) is 11.7. The molecular weight excluding hydrogens is 220 g/mol. The Morgan fingerprint density at radius 2 is 1.65 bits per heavy atom. The highest BCUT2D eigenvalue weighted by molar-refractivity contribution is 5.78. The van der Waals surface area contributed by atoms with Crippen molar-refractivity contribution in [1.82, 2.24) is 15.0 Å². The molecule has 0 aliphatic heterocycles. The standard InChI is InChI=1S/C11H16N4O2/c1-4-11(12)15-13-7-5-9(16-2)10(17-3)6-8(7)14-15/h5-6,11H,4,12H2,1-3H3/t11-/m1/s1. The van der Waals surface area contributed by atoms with E-state index < -0.39 is 0 Å². The largest absolute Gasteiger partial charge is 0.493 e. The van der Waals surface area contributed by atoms with E-state index in [0.29, 0.717) is 11.5 Å². The van der Waals surface area contributed by atoms with Gasteiger partial charge in [0.1, 0.15) is 17.2 Å². The molecule has 0 unspecified atom stereocenters. The molecule has 0 saturated carbocycles. The van der Waals surface area contributed by atoms with Crippen molar-refractivity contribution in [3.63, 3.8) is 0 Å². The molecule has 0 saturated heterocycles. The number of nitrogens with zero attached hydrogens (tertiary/aromatic N) is 3. The van der Waals surface area contributed by atoms with Gasteiger partial charge < -0.3 is 15.2 Å². The van der Waals surface area contributed by atoms with Crippen LogP contribution in [0.1, 0.15) is 19.5 Å². The van der Waals surface area contributed by atoms with Crippen LogP contribution in [0.2, 0.25) is 0 Å². The van der Waals surface area contributed by atoms with Crippen molar-refractivity contribution in [2.45, 2.75) is 19.5 Å². The monoisotopic (exact) mass is 236 g/mol. The molecule has 92 valence electrons. The molecule has 0 fully saturated rings. The van der Waals surface area contributed by atoms with E-state index in [1.54, 1.807) is 26.4 Å². The Bertz CT molecular complexity index is 482. The van der Waals surface area contributed by atoms with Crippen LogP contribution >= 0.6 is 0 Å². The summed E-state index contributed by atoms with van der Waals surface area (Å²) in [5.74, 6) is 1.27. The molecule has 0 amide bonds. The fourth-order valence-electron chi connectivity index (χ4n) is 1.57. The van der Waals surface area contributed by atoms with Crippen LogP contribution in [-0.4, -0.2) is 29.2 Å². The van der Waals surface area contributed by atoms with Crippen LogP contribution in [0.5, 0.6) is 11.5 Å². The number of fused-ring (bicyclic) bond motifs is 1. The summed E-state index contributed by atoms with van der Waals surface area (Å²) in [5, 5.41) is 8.62. The zero-order valence-electron chi connectivity index (χ0n) is 10.2. The first-order valence-corrected chi connectivity index (χ1v) is 5.43. The van der Waals surface area contributed by atoms with Crippen LogP contribution in [0.25, 0.3) is 11.0 Å². The molecule has 1 heterocycles. The van der Waals surface area contributed by atoms with E-state index >= 15 is 0 Å². The van der Waals surface area contributed by atoms with Gasteiger partial charge in [-0.2, -0.15) is 15.0 Å². The van der Waals surface area contributed by atoms with Crippen LogP contribution in [0.15, 0.2) is 12.1 Å². The number of rotatable bonds is 4. The van der Waals surface area contributed by atoms with Gasteiger partial charge in [-0.25, -0.2) is 0 Å². The van der Waals surface area contributed by atoms with Gasteiger partial charge >= 0.3 is 0 Å². The van der Waals surface area contributed by atoms with E-state index in [9.17, 15) is 0 Å². The van der Waals surface area contributed by atoms with Crippen LogP contribution in [0, 0.1) is 0 Å². The smallest absolute Gasteiger partial charge is 0.163 e. The van der Waals surface area contributed by atoms with Gasteiger partial charge in [0, 0.05) is 12.1 Å². The molecule has 1 atom stereocenters. The topological polar surface area (TPSA) is 75.2 Å². The molecule has 6 heteroatoms. The second-order valence-electron chi connectivity index (χ2n) is 3.69. The van der Waals surface area contributed by atoms with Gasteiger partial charge in [-0.3, -0.25) is 0 Å². The Morgan fingerprint density at radius 3 is 2.00 bits per heavy atom. The molecule has 0 radical (unpaired) electrons. The van der Waals surface area contributed by atoms with Crippen molar-refractivity contribution in [1.29, 1.82) is 0 Å². The van der Waals surface area contributed by atoms with Crippen molar-refractivity contribution in [3.05, 3.63) is 12.1 Å². The van der Waals surface area contributed by atoms with E-state index in [-0.39, 0.29) is 6.17 Å². The summed E-state index contributed by atoms with van der Waals surface area (Å²) < 4.78 is 10.4. The number of hydrogen-bond acceptors (Lipinski definition) is 5. The van der Waals surface area contributed by atoms with Gasteiger partial charge in [-0.15, -0.1) is 0 Å². The first-order chi connectivity index (χ1) is 8.19. The number of nitrogens with two attached hydrogens (primary N) is 1. The second-order valence-corrected chi connectivity index (χ2v) is 3.69. The predicted octanol–water partition coefficient (Wildman–Crippen LogP) is 1.32. The van der Waals surface area contributed by atoms with E-state index in [4.69, 9.17) is 15.2 Å². The molecular formula is C11H16N4O2. The average Bonchev–Trinajstić information content (AvgIpc) is 2.78. The third kappa shape index (κ3) is 2.03. The van der Waals surface area contributed by atoms with E-state index in [1.165, 1.54) is 4.80 Å². The third-order valence-electron chi connectivity index (χ3n) is 2.62. The SMILES string of the molecule is CC[C@H](N)n1nc2cc(OC)c(OC)cc2n1. The molecule has 2 rings (SSSR count). The number of hydrogen-bond donors (Lipinski definition) is 1. The van der Waals surface area contributed by atoms with E-state index in [0.717, 1.165) is 17.5 Å². The van der Waals surface area contributed by atoms with Gasteiger partial charge in [-0.1, -0.05) is 6.92 Å². The van der Waals surface area contributed by atoms with Crippen LogP contribution in [0.3, 0.4) is 0 Å². The summed E-state index contributed by atoms with van der Waals surface area (Å²) in [6.45, 7) is 1.99. The minimum atomic E-state index is -0.209. The summed E-state index contributed by atoms with van der Waals surface area (Å²) in [4.78, 5) is 1.52. The van der Waals surface area contributed by atoms with Crippen molar-refractivity contribution < 1.29 is 9.47 Å². The zero-order valence-corrected chi connectivity index (χ0v) is 10.2. The fourth-order valence-corrected chi connectivity index (χ4v) is 1.57. The van der Waals surface area contributed by atoms with Crippen LogP contribution in [0.4, 0.5) is 0 Å². The maximum absolute atomic E-state index is 5.87. The van der Waals surface area contributed by atoms with Crippen LogP contribution in [-0.2, 0) is 0 Å². The summed E-state index contributed by atoms with van der Waals surface area (Å²) in [7, 11) is 3.18. The maximum atomic E-state index is 5.87. The van der Waals surface area contributed by atoms with Gasteiger partial charge in [0.25, 0.3) is 0 Å². The lowest BCUT2D eigenvalue weighted by atomic mass is 10.3. The average molecular weight is 236 g/mol. The summed E-state index contributed by atoms with van der Waals surface area (Å²) in [6, 6.07) is 3.58. The summed E-state index contributed by atoms with van der Waals surface area (Å²) in [6.07, 6.45) is 0.564. The van der Waals surface area contributed by atoms with Gasteiger partial charge in [-0.05, 0) is 6.42 Å². The van der Waals surface area contributed by atoms with Crippen molar-refractivity contribution in [2.24, 2.45) is 5.73 Å². The molecule has 2 aromatic rings. The number of methoxy groups -OCH3 is 2. The molecule has 0 aliphatic rings. The molecule has 6 nitrogen and oxygen atoms in total. The normalized spacial score (nSPS) is 12.7. The molecule has 0 spiro atoms. The lowest BCUT2D eigenvalue weighted by molar-refractivity contribution is 0.356. The molecule has 1 aromatic carbocycles. The quantitative estimate of drug-likeness (QED) is 0.866. The molecule has 1 aromatic heterocycles. The lowest BCUT2D eigenvalue weighted by Crippen LogP contribution is -2.19. The van der Waals surface area contributed by atoms with Crippen molar-refractivity contribution in [2.75, 3.05) is 14.2 Å². The predicted molar refractivity (Wildman–Crippen MR) is 64.1 cm³/mol. The minimum Gasteiger partial charge on any atom is -0.493 e. The van der Waals surface area contributed by atoms with E-state index in [1.807, 2.05) is 6.92 Å². The Balaban J connectivity index is 2.53. The summed E-state index contributed by atoms with van der Waals surface area (Å²) in [5.41, 5.74) is 7.36. The highest BCUT2D eigenvalue weighted by Gasteiger charge is 2.12. The fraction of sp³-hybridized carbons (Fsp3) is 0.455. The molecule has 0 bridgehead atoms. The Morgan fingerprint density at radius 1 is 1.18 bits per heavy atom.